The predicted octanol–water partition coefficient (Wildman–Crippen LogP) is 10.9. The van der Waals surface area contributed by atoms with E-state index in [1.807, 2.05) is 24.3 Å². The highest BCUT2D eigenvalue weighted by molar-refractivity contribution is 7.89. The molecule has 0 spiro atoms. The van der Waals surface area contributed by atoms with Crippen LogP contribution in [0.4, 0.5) is 0 Å². The van der Waals surface area contributed by atoms with Crippen LogP contribution in [-0.2, 0) is 21.3 Å². The van der Waals surface area contributed by atoms with Gasteiger partial charge in [0.05, 0.1) is 22.5 Å². The SMILES string of the molecule is O=S1(=O)Cc2ccc(-c3cc(-c4ccccc4)cc(-c4ccccc4)c3)cc2-c2cc(-n3c4ccccc4c4ccccc43)ccc2C1. The molecule has 0 saturated heterocycles. The van der Waals surface area contributed by atoms with Crippen LogP contribution in [0.5, 0.6) is 0 Å². The van der Waals surface area contributed by atoms with Crippen LogP contribution >= 0.6 is 0 Å². The van der Waals surface area contributed by atoms with Crippen LogP contribution in [0.25, 0.3) is 72.0 Å². The first-order valence-corrected chi connectivity index (χ1v) is 18.0. The van der Waals surface area contributed by atoms with E-state index < -0.39 is 9.84 Å². The average Bonchev–Trinajstić information content (AvgIpc) is 3.41. The molecule has 2 heterocycles. The molecule has 8 aromatic rings. The third kappa shape index (κ3) is 4.93. The quantitative estimate of drug-likeness (QED) is 0.193. The summed E-state index contributed by atoms with van der Waals surface area (Å²) >= 11 is 0. The maximum atomic E-state index is 13.4. The largest absolute Gasteiger partial charge is 0.309 e. The number of nitrogens with zero attached hydrogens (tertiary/aromatic N) is 1. The Labute approximate surface area is 280 Å². The van der Waals surface area contributed by atoms with E-state index in [4.69, 9.17) is 0 Å². The molecule has 9 rings (SSSR count). The third-order valence-electron chi connectivity index (χ3n) is 9.56. The van der Waals surface area contributed by atoms with Gasteiger partial charge in [-0.05, 0) is 104 Å². The molecule has 0 saturated carbocycles. The Hall–Kier alpha value is -5.71. The average molecular weight is 638 g/mol. The molecule has 0 N–H and O–H groups in total. The number of benzene rings is 7. The van der Waals surface area contributed by atoms with Crippen molar-refractivity contribution in [1.82, 2.24) is 4.57 Å². The lowest BCUT2D eigenvalue weighted by molar-refractivity contribution is 0.595. The molecule has 0 amide bonds. The Balaban J connectivity index is 1.26. The second-order valence-corrected chi connectivity index (χ2v) is 14.7. The molecule has 230 valence electrons. The first-order valence-electron chi connectivity index (χ1n) is 16.2. The topological polar surface area (TPSA) is 39.1 Å². The van der Waals surface area contributed by atoms with Crippen LogP contribution in [0.15, 0.2) is 164 Å². The summed E-state index contributed by atoms with van der Waals surface area (Å²) in [5.74, 6) is 0.0305. The summed E-state index contributed by atoms with van der Waals surface area (Å²) in [6.45, 7) is 0. The first-order chi connectivity index (χ1) is 23.5. The predicted molar refractivity (Wildman–Crippen MR) is 199 cm³/mol. The van der Waals surface area contributed by atoms with Crippen molar-refractivity contribution in [3.63, 3.8) is 0 Å². The highest BCUT2D eigenvalue weighted by atomic mass is 32.2. The van der Waals surface area contributed by atoms with Gasteiger partial charge in [0.25, 0.3) is 0 Å². The monoisotopic (exact) mass is 637 g/mol. The molecule has 3 nitrogen and oxygen atoms in total. The molecule has 1 aliphatic heterocycles. The number of fused-ring (bicyclic) bond motifs is 6. The number of para-hydroxylation sites is 2. The van der Waals surface area contributed by atoms with Gasteiger partial charge in [0.2, 0.25) is 0 Å². The van der Waals surface area contributed by atoms with Crippen molar-refractivity contribution in [3.8, 4) is 50.2 Å². The van der Waals surface area contributed by atoms with Crippen molar-refractivity contribution in [3.05, 3.63) is 175 Å². The second kappa shape index (κ2) is 11.2. The van der Waals surface area contributed by atoms with Crippen LogP contribution in [-0.4, -0.2) is 13.0 Å². The summed E-state index contributed by atoms with van der Waals surface area (Å²) in [6.07, 6.45) is 0. The van der Waals surface area contributed by atoms with E-state index in [0.29, 0.717) is 0 Å². The zero-order valence-corrected chi connectivity index (χ0v) is 27.0. The standard InChI is InChI=1S/C44H31NO2S/c46-48(47)28-33-20-19-32(37-24-35(30-11-3-1-4-12-30)23-36(25-37)31-13-5-2-6-14-31)26-41(33)42-27-38(22-21-34(42)29-48)45-43-17-9-7-15-39(43)40-16-8-10-18-44(40)45/h1-27H,28-29H2. The van der Waals surface area contributed by atoms with E-state index in [0.717, 1.165) is 72.4 Å². The van der Waals surface area contributed by atoms with Crippen LogP contribution in [0.1, 0.15) is 11.1 Å². The molecular weight excluding hydrogens is 607 g/mol. The van der Waals surface area contributed by atoms with Crippen molar-refractivity contribution in [2.24, 2.45) is 0 Å². The summed E-state index contributed by atoms with van der Waals surface area (Å²) in [7, 11) is -3.35. The minimum Gasteiger partial charge on any atom is -0.309 e. The van der Waals surface area contributed by atoms with Gasteiger partial charge in [-0.25, -0.2) is 8.42 Å². The molecule has 1 aliphatic rings. The molecule has 48 heavy (non-hydrogen) atoms. The van der Waals surface area contributed by atoms with Gasteiger partial charge in [-0.1, -0.05) is 115 Å². The Kier molecular flexibility index (Phi) is 6.66. The van der Waals surface area contributed by atoms with Crippen LogP contribution in [0.2, 0.25) is 0 Å². The zero-order valence-electron chi connectivity index (χ0n) is 26.2. The van der Waals surface area contributed by atoms with E-state index in [-0.39, 0.29) is 11.5 Å². The first kappa shape index (κ1) is 28.5. The Morgan fingerprint density at radius 2 is 0.854 bits per heavy atom. The summed E-state index contributed by atoms with van der Waals surface area (Å²) in [5, 5.41) is 2.39. The van der Waals surface area contributed by atoms with Gasteiger partial charge in [0.1, 0.15) is 0 Å². The summed E-state index contributed by atoms with van der Waals surface area (Å²) in [5.41, 5.74) is 13.6. The van der Waals surface area contributed by atoms with Crippen molar-refractivity contribution in [2.45, 2.75) is 11.5 Å². The van der Waals surface area contributed by atoms with Gasteiger partial charge in [0, 0.05) is 16.5 Å². The molecule has 0 aliphatic carbocycles. The smallest absolute Gasteiger partial charge is 0.158 e. The lowest BCUT2D eigenvalue weighted by Gasteiger charge is -2.16. The van der Waals surface area contributed by atoms with Gasteiger partial charge in [0.15, 0.2) is 9.84 Å². The number of rotatable bonds is 4. The van der Waals surface area contributed by atoms with Crippen molar-refractivity contribution in [1.29, 1.82) is 0 Å². The summed E-state index contributed by atoms with van der Waals surface area (Å²) < 4.78 is 29.1. The van der Waals surface area contributed by atoms with Gasteiger partial charge < -0.3 is 4.57 Å². The van der Waals surface area contributed by atoms with Crippen molar-refractivity contribution < 1.29 is 8.42 Å². The lowest BCUT2D eigenvalue weighted by atomic mass is 9.90. The molecule has 1 aromatic heterocycles. The van der Waals surface area contributed by atoms with Crippen LogP contribution in [0, 0.1) is 0 Å². The number of hydrogen-bond acceptors (Lipinski definition) is 2. The highest BCUT2D eigenvalue weighted by Gasteiger charge is 2.25. The van der Waals surface area contributed by atoms with E-state index in [2.05, 4.69) is 144 Å². The molecule has 0 radical (unpaired) electrons. The fourth-order valence-electron chi connectivity index (χ4n) is 7.33. The minimum atomic E-state index is -3.35. The Morgan fingerprint density at radius 1 is 0.396 bits per heavy atom. The van der Waals surface area contributed by atoms with E-state index in [1.165, 1.54) is 10.8 Å². The molecular formula is C44H31NO2S. The molecule has 0 fully saturated rings. The van der Waals surface area contributed by atoms with Crippen molar-refractivity contribution in [2.75, 3.05) is 0 Å². The number of hydrogen-bond donors (Lipinski definition) is 0. The minimum absolute atomic E-state index is 0.0152. The number of aromatic nitrogens is 1. The molecule has 0 unspecified atom stereocenters. The Bertz CT molecular complexity index is 2510. The molecule has 0 bridgehead atoms. The molecule has 0 atom stereocenters. The van der Waals surface area contributed by atoms with Crippen LogP contribution in [0.3, 0.4) is 0 Å². The fraction of sp³-hybridized carbons (Fsp3) is 0.0455. The van der Waals surface area contributed by atoms with E-state index in [9.17, 15) is 8.42 Å². The zero-order chi connectivity index (χ0) is 32.2. The molecule has 4 heteroatoms. The lowest BCUT2D eigenvalue weighted by Crippen LogP contribution is -2.05. The maximum absolute atomic E-state index is 13.4. The Morgan fingerprint density at radius 3 is 1.42 bits per heavy atom. The van der Waals surface area contributed by atoms with E-state index in [1.54, 1.807) is 0 Å². The highest BCUT2D eigenvalue weighted by Crippen LogP contribution is 2.41. The summed E-state index contributed by atoms with van der Waals surface area (Å²) in [4.78, 5) is 0. The van der Waals surface area contributed by atoms with Crippen molar-refractivity contribution >= 4 is 31.6 Å². The van der Waals surface area contributed by atoms with Gasteiger partial charge in [-0.2, -0.15) is 0 Å². The third-order valence-corrected chi connectivity index (χ3v) is 11.1. The summed E-state index contributed by atoms with van der Waals surface area (Å²) in [6, 6.07) is 57.1. The van der Waals surface area contributed by atoms with Gasteiger partial charge in [-0.15, -0.1) is 0 Å². The number of sulfone groups is 1. The fourth-order valence-corrected chi connectivity index (χ4v) is 8.88. The van der Waals surface area contributed by atoms with Gasteiger partial charge in [-0.3, -0.25) is 0 Å². The van der Waals surface area contributed by atoms with Crippen LogP contribution < -0.4 is 0 Å². The van der Waals surface area contributed by atoms with Gasteiger partial charge >= 0.3 is 0 Å². The molecule has 7 aromatic carbocycles. The maximum Gasteiger partial charge on any atom is 0.158 e. The van der Waals surface area contributed by atoms with E-state index >= 15 is 0 Å². The normalized spacial score (nSPS) is 13.6. The second-order valence-electron chi connectivity index (χ2n) is 12.6.